The lowest BCUT2D eigenvalue weighted by Gasteiger charge is -2.32. The van der Waals surface area contributed by atoms with Crippen LogP contribution in [0.4, 0.5) is 5.69 Å². The van der Waals surface area contributed by atoms with Crippen LogP contribution in [0.25, 0.3) is 0 Å². The van der Waals surface area contributed by atoms with Crippen molar-refractivity contribution in [1.29, 1.82) is 0 Å². The standard InChI is InChI=1S/C14H19N3O3/c1-11(16-7-5-15-6-8-16)9-14(18)12-3-2-4-13(10-12)17(19)20/h2-4,10-11,15H,5-9H2,1H3. The van der Waals surface area contributed by atoms with E-state index < -0.39 is 4.92 Å². The summed E-state index contributed by atoms with van der Waals surface area (Å²) >= 11 is 0. The molecule has 2 rings (SSSR count). The number of non-ortho nitro benzene ring substituents is 1. The molecule has 0 aromatic heterocycles. The van der Waals surface area contributed by atoms with Gasteiger partial charge in [0.05, 0.1) is 4.92 Å². The molecule has 6 heteroatoms. The van der Waals surface area contributed by atoms with Gasteiger partial charge in [-0.2, -0.15) is 0 Å². The second-order valence-corrected chi connectivity index (χ2v) is 5.07. The molecule has 1 N–H and O–H groups in total. The molecule has 108 valence electrons. The number of carbonyl (C=O) groups is 1. The van der Waals surface area contributed by atoms with Gasteiger partial charge in [-0.15, -0.1) is 0 Å². The zero-order chi connectivity index (χ0) is 14.5. The SMILES string of the molecule is CC(CC(=O)c1cccc([N+](=O)[O-])c1)N1CCNCC1. The smallest absolute Gasteiger partial charge is 0.270 e. The summed E-state index contributed by atoms with van der Waals surface area (Å²) in [4.78, 5) is 24.7. The van der Waals surface area contributed by atoms with Gasteiger partial charge in [0.15, 0.2) is 5.78 Å². The van der Waals surface area contributed by atoms with Crippen LogP contribution in [0.5, 0.6) is 0 Å². The van der Waals surface area contributed by atoms with E-state index in [4.69, 9.17) is 0 Å². The third kappa shape index (κ3) is 3.61. The minimum Gasteiger partial charge on any atom is -0.314 e. The average molecular weight is 277 g/mol. The highest BCUT2D eigenvalue weighted by atomic mass is 16.6. The Kier molecular flexibility index (Phi) is 4.81. The molecule has 0 spiro atoms. The van der Waals surface area contributed by atoms with Crippen LogP contribution in [0.1, 0.15) is 23.7 Å². The lowest BCUT2D eigenvalue weighted by Crippen LogP contribution is -2.48. The molecule has 1 saturated heterocycles. The van der Waals surface area contributed by atoms with Crippen molar-refractivity contribution in [1.82, 2.24) is 10.2 Å². The fraction of sp³-hybridized carbons (Fsp3) is 0.500. The molecule has 0 bridgehead atoms. The molecule has 1 aliphatic rings. The quantitative estimate of drug-likeness (QED) is 0.501. The topological polar surface area (TPSA) is 75.5 Å². The Bertz CT molecular complexity index is 498. The first-order chi connectivity index (χ1) is 9.58. The zero-order valence-corrected chi connectivity index (χ0v) is 11.5. The number of carbonyl (C=O) groups excluding carboxylic acids is 1. The summed E-state index contributed by atoms with van der Waals surface area (Å²) in [6, 6.07) is 6.10. The van der Waals surface area contributed by atoms with E-state index in [9.17, 15) is 14.9 Å². The van der Waals surface area contributed by atoms with E-state index in [-0.39, 0.29) is 17.5 Å². The van der Waals surface area contributed by atoms with Crippen LogP contribution >= 0.6 is 0 Å². The second kappa shape index (κ2) is 6.58. The van der Waals surface area contributed by atoms with Crippen molar-refractivity contribution in [3.8, 4) is 0 Å². The molecular formula is C14H19N3O3. The van der Waals surface area contributed by atoms with Gasteiger partial charge < -0.3 is 5.32 Å². The summed E-state index contributed by atoms with van der Waals surface area (Å²) in [5.74, 6) is -0.0419. The minimum absolute atomic E-state index is 0.0364. The summed E-state index contributed by atoms with van der Waals surface area (Å²) < 4.78 is 0. The number of ketones is 1. The van der Waals surface area contributed by atoms with Gasteiger partial charge in [-0.25, -0.2) is 0 Å². The Morgan fingerprint density at radius 2 is 2.15 bits per heavy atom. The van der Waals surface area contributed by atoms with E-state index in [0.717, 1.165) is 26.2 Å². The van der Waals surface area contributed by atoms with Crippen LogP contribution in [0, 0.1) is 10.1 Å². The Labute approximate surface area is 117 Å². The molecule has 1 heterocycles. The maximum absolute atomic E-state index is 12.2. The monoisotopic (exact) mass is 277 g/mol. The summed E-state index contributed by atoms with van der Waals surface area (Å²) in [7, 11) is 0. The summed E-state index contributed by atoms with van der Waals surface area (Å²) in [5, 5.41) is 14.0. The maximum Gasteiger partial charge on any atom is 0.270 e. The zero-order valence-electron chi connectivity index (χ0n) is 11.5. The first-order valence-electron chi connectivity index (χ1n) is 6.80. The Morgan fingerprint density at radius 3 is 2.80 bits per heavy atom. The summed E-state index contributed by atoms with van der Waals surface area (Å²) in [6.07, 6.45) is 0.390. The first-order valence-corrected chi connectivity index (χ1v) is 6.80. The van der Waals surface area contributed by atoms with Crippen molar-refractivity contribution in [2.24, 2.45) is 0 Å². The van der Waals surface area contributed by atoms with Crippen molar-refractivity contribution in [3.05, 3.63) is 39.9 Å². The largest absolute Gasteiger partial charge is 0.314 e. The highest BCUT2D eigenvalue weighted by molar-refractivity contribution is 5.96. The summed E-state index contributed by atoms with van der Waals surface area (Å²) in [5.41, 5.74) is 0.381. The van der Waals surface area contributed by atoms with E-state index in [0.29, 0.717) is 12.0 Å². The fourth-order valence-corrected chi connectivity index (χ4v) is 2.43. The van der Waals surface area contributed by atoms with E-state index in [1.54, 1.807) is 12.1 Å². The molecule has 1 atom stereocenters. The molecule has 1 aromatic rings. The van der Waals surface area contributed by atoms with Crippen LogP contribution in [-0.4, -0.2) is 47.8 Å². The highest BCUT2D eigenvalue weighted by Gasteiger charge is 2.20. The average Bonchev–Trinajstić information content (AvgIpc) is 2.48. The number of rotatable bonds is 5. The van der Waals surface area contributed by atoms with E-state index in [2.05, 4.69) is 10.2 Å². The number of Topliss-reactive ketones (excluding diaryl/α,β-unsaturated/α-hetero) is 1. The third-order valence-electron chi connectivity index (χ3n) is 3.63. The van der Waals surface area contributed by atoms with E-state index >= 15 is 0 Å². The molecule has 0 saturated carbocycles. The number of hydrogen-bond donors (Lipinski definition) is 1. The maximum atomic E-state index is 12.2. The van der Waals surface area contributed by atoms with Crippen LogP contribution < -0.4 is 5.32 Å². The van der Waals surface area contributed by atoms with Gasteiger partial charge in [0.25, 0.3) is 5.69 Å². The molecule has 1 unspecified atom stereocenters. The van der Waals surface area contributed by atoms with Gasteiger partial charge in [-0.05, 0) is 6.92 Å². The molecule has 0 radical (unpaired) electrons. The van der Waals surface area contributed by atoms with Crippen molar-refractivity contribution in [2.75, 3.05) is 26.2 Å². The number of nitrogens with one attached hydrogen (secondary N) is 1. The first kappa shape index (κ1) is 14.6. The lowest BCUT2D eigenvalue weighted by atomic mass is 10.0. The van der Waals surface area contributed by atoms with Crippen LogP contribution in [0.2, 0.25) is 0 Å². The summed E-state index contributed by atoms with van der Waals surface area (Å²) in [6.45, 7) is 5.78. The number of nitro benzene ring substituents is 1. The molecule has 0 amide bonds. The van der Waals surface area contributed by atoms with E-state index in [1.807, 2.05) is 6.92 Å². The predicted octanol–water partition coefficient (Wildman–Crippen LogP) is 1.46. The minimum atomic E-state index is -0.476. The second-order valence-electron chi connectivity index (χ2n) is 5.07. The van der Waals surface area contributed by atoms with Gasteiger partial charge in [-0.1, -0.05) is 12.1 Å². The highest BCUT2D eigenvalue weighted by Crippen LogP contribution is 2.16. The third-order valence-corrected chi connectivity index (χ3v) is 3.63. The van der Waals surface area contributed by atoms with Gasteiger partial charge in [-0.3, -0.25) is 19.8 Å². The molecule has 1 aromatic carbocycles. The number of hydrogen-bond acceptors (Lipinski definition) is 5. The van der Waals surface area contributed by atoms with Crippen molar-refractivity contribution < 1.29 is 9.72 Å². The Morgan fingerprint density at radius 1 is 1.45 bits per heavy atom. The molecule has 6 nitrogen and oxygen atoms in total. The molecule has 1 aliphatic heterocycles. The molecule has 20 heavy (non-hydrogen) atoms. The van der Waals surface area contributed by atoms with Crippen molar-refractivity contribution in [2.45, 2.75) is 19.4 Å². The molecule has 1 fully saturated rings. The number of nitro groups is 1. The molecule has 0 aliphatic carbocycles. The predicted molar refractivity (Wildman–Crippen MR) is 75.9 cm³/mol. The van der Waals surface area contributed by atoms with Gasteiger partial charge in [0.1, 0.15) is 0 Å². The van der Waals surface area contributed by atoms with Crippen LogP contribution in [0.15, 0.2) is 24.3 Å². The van der Waals surface area contributed by atoms with Gasteiger partial charge in [0, 0.05) is 56.3 Å². The number of piperazine rings is 1. The van der Waals surface area contributed by atoms with Crippen molar-refractivity contribution in [3.63, 3.8) is 0 Å². The van der Waals surface area contributed by atoms with Crippen LogP contribution in [0.3, 0.4) is 0 Å². The van der Waals surface area contributed by atoms with Crippen molar-refractivity contribution >= 4 is 11.5 Å². The van der Waals surface area contributed by atoms with Crippen LogP contribution in [-0.2, 0) is 0 Å². The van der Waals surface area contributed by atoms with E-state index in [1.165, 1.54) is 12.1 Å². The molecular weight excluding hydrogens is 258 g/mol. The van der Waals surface area contributed by atoms with Gasteiger partial charge in [0.2, 0.25) is 0 Å². The number of benzene rings is 1. The Balaban J connectivity index is 2.00. The van der Waals surface area contributed by atoms with Gasteiger partial charge >= 0.3 is 0 Å². The Hall–Kier alpha value is -1.79. The number of nitrogens with zero attached hydrogens (tertiary/aromatic N) is 2. The lowest BCUT2D eigenvalue weighted by molar-refractivity contribution is -0.384. The fourth-order valence-electron chi connectivity index (χ4n) is 2.43. The normalized spacial score (nSPS) is 17.6.